The summed E-state index contributed by atoms with van der Waals surface area (Å²) in [6, 6.07) is 1.83. The molecule has 0 unspecified atom stereocenters. The minimum Gasteiger partial charge on any atom is -0.366 e. The molecule has 1 aliphatic carbocycles. The molecule has 3 nitrogen and oxygen atoms in total. The predicted octanol–water partition coefficient (Wildman–Crippen LogP) is 2.48. The summed E-state index contributed by atoms with van der Waals surface area (Å²) in [6.45, 7) is 3.02. The summed E-state index contributed by atoms with van der Waals surface area (Å²) in [5.41, 5.74) is 6.98. The van der Waals surface area contributed by atoms with Gasteiger partial charge in [-0.15, -0.1) is 0 Å². The van der Waals surface area contributed by atoms with Crippen molar-refractivity contribution in [2.75, 3.05) is 0 Å². The number of hydrogen-bond acceptors (Lipinski definition) is 1. The van der Waals surface area contributed by atoms with Gasteiger partial charge in [0.05, 0.1) is 5.56 Å². The number of rotatable bonds is 3. The molecule has 1 saturated carbocycles. The average Bonchev–Trinajstić information content (AvgIpc) is 2.62. The van der Waals surface area contributed by atoms with Crippen molar-refractivity contribution >= 4 is 5.91 Å². The zero-order chi connectivity index (χ0) is 11.5. The molecule has 16 heavy (non-hydrogen) atoms. The van der Waals surface area contributed by atoms with Crippen molar-refractivity contribution in [2.24, 2.45) is 11.7 Å². The van der Waals surface area contributed by atoms with Crippen LogP contribution in [0, 0.1) is 12.8 Å². The fourth-order valence-electron chi connectivity index (χ4n) is 2.66. The largest absolute Gasteiger partial charge is 0.366 e. The molecule has 0 bridgehead atoms. The predicted molar refractivity (Wildman–Crippen MR) is 64.3 cm³/mol. The van der Waals surface area contributed by atoms with Gasteiger partial charge in [0.2, 0.25) is 0 Å². The van der Waals surface area contributed by atoms with E-state index in [0.717, 1.165) is 18.2 Å². The molecule has 0 spiro atoms. The topological polar surface area (TPSA) is 48.0 Å². The Morgan fingerprint density at radius 3 is 2.69 bits per heavy atom. The Bertz CT molecular complexity index is 375. The summed E-state index contributed by atoms with van der Waals surface area (Å²) >= 11 is 0. The molecular formula is C13H20N2O. The third-order valence-corrected chi connectivity index (χ3v) is 3.69. The molecule has 1 amide bonds. The first kappa shape index (κ1) is 11.2. The number of nitrogens with two attached hydrogens (primary N) is 1. The lowest BCUT2D eigenvalue weighted by molar-refractivity contribution is 0.0999. The van der Waals surface area contributed by atoms with Crippen LogP contribution in [0.3, 0.4) is 0 Å². The van der Waals surface area contributed by atoms with Gasteiger partial charge in [0.1, 0.15) is 0 Å². The Labute approximate surface area is 96.6 Å². The maximum absolute atomic E-state index is 11.1. The van der Waals surface area contributed by atoms with Gasteiger partial charge < -0.3 is 10.3 Å². The van der Waals surface area contributed by atoms with Crippen molar-refractivity contribution in [1.82, 2.24) is 4.57 Å². The van der Waals surface area contributed by atoms with Crippen LogP contribution in [0.1, 0.15) is 48.2 Å². The van der Waals surface area contributed by atoms with Gasteiger partial charge in [-0.25, -0.2) is 0 Å². The molecule has 1 aromatic heterocycles. The fraction of sp³-hybridized carbons (Fsp3) is 0.615. The van der Waals surface area contributed by atoms with Gasteiger partial charge in [-0.1, -0.05) is 19.3 Å². The lowest BCUT2D eigenvalue weighted by Crippen LogP contribution is -2.16. The quantitative estimate of drug-likeness (QED) is 0.835. The third-order valence-electron chi connectivity index (χ3n) is 3.69. The van der Waals surface area contributed by atoms with Crippen LogP contribution in [0.5, 0.6) is 0 Å². The number of carbonyl (C=O) groups is 1. The highest BCUT2D eigenvalue weighted by atomic mass is 16.1. The highest BCUT2D eigenvalue weighted by Gasteiger charge is 2.16. The van der Waals surface area contributed by atoms with E-state index in [1.54, 1.807) is 0 Å². The summed E-state index contributed by atoms with van der Waals surface area (Å²) in [5, 5.41) is 0. The number of carbonyl (C=O) groups excluding carboxylic acids is 1. The normalized spacial score (nSPS) is 17.6. The molecule has 0 aromatic carbocycles. The van der Waals surface area contributed by atoms with Crippen LogP contribution in [-0.4, -0.2) is 10.5 Å². The molecule has 2 N–H and O–H groups in total. The first-order valence-electron chi connectivity index (χ1n) is 6.14. The van der Waals surface area contributed by atoms with Crippen LogP contribution in [0.15, 0.2) is 12.3 Å². The van der Waals surface area contributed by atoms with E-state index in [2.05, 4.69) is 4.57 Å². The zero-order valence-electron chi connectivity index (χ0n) is 9.91. The Morgan fingerprint density at radius 2 is 2.12 bits per heavy atom. The van der Waals surface area contributed by atoms with Gasteiger partial charge in [0.25, 0.3) is 5.91 Å². The number of amides is 1. The van der Waals surface area contributed by atoms with Crippen molar-refractivity contribution < 1.29 is 4.79 Å². The van der Waals surface area contributed by atoms with Crippen LogP contribution in [0.2, 0.25) is 0 Å². The van der Waals surface area contributed by atoms with E-state index in [4.69, 9.17) is 5.73 Å². The average molecular weight is 220 g/mol. The van der Waals surface area contributed by atoms with Crippen LogP contribution in [0.25, 0.3) is 0 Å². The van der Waals surface area contributed by atoms with Gasteiger partial charge in [0.15, 0.2) is 0 Å². The van der Waals surface area contributed by atoms with Gasteiger partial charge >= 0.3 is 0 Å². The van der Waals surface area contributed by atoms with Crippen LogP contribution in [0.4, 0.5) is 0 Å². The van der Waals surface area contributed by atoms with Crippen molar-refractivity contribution in [1.29, 1.82) is 0 Å². The Kier molecular flexibility index (Phi) is 3.32. The molecule has 1 fully saturated rings. The monoisotopic (exact) mass is 220 g/mol. The Hall–Kier alpha value is -1.25. The molecule has 1 heterocycles. The number of aromatic nitrogens is 1. The fourth-order valence-corrected chi connectivity index (χ4v) is 2.66. The summed E-state index contributed by atoms with van der Waals surface area (Å²) in [5.74, 6) is 0.459. The van der Waals surface area contributed by atoms with Crippen molar-refractivity contribution in [2.45, 2.75) is 45.6 Å². The molecule has 1 aliphatic rings. The van der Waals surface area contributed by atoms with Crippen molar-refractivity contribution in [3.05, 3.63) is 23.5 Å². The van der Waals surface area contributed by atoms with Gasteiger partial charge in [-0.05, 0) is 31.7 Å². The summed E-state index contributed by atoms with van der Waals surface area (Å²) in [6.07, 6.45) is 8.73. The summed E-state index contributed by atoms with van der Waals surface area (Å²) in [7, 11) is 0. The molecule has 2 rings (SSSR count). The maximum atomic E-state index is 11.1. The number of primary amides is 1. The van der Waals surface area contributed by atoms with Gasteiger partial charge in [-0.2, -0.15) is 0 Å². The lowest BCUT2D eigenvalue weighted by Gasteiger charge is -2.22. The van der Waals surface area contributed by atoms with E-state index in [-0.39, 0.29) is 5.91 Å². The van der Waals surface area contributed by atoms with Crippen LogP contribution < -0.4 is 5.73 Å². The van der Waals surface area contributed by atoms with Crippen molar-refractivity contribution in [3.8, 4) is 0 Å². The molecule has 1 aromatic rings. The molecule has 0 atom stereocenters. The second-order valence-corrected chi connectivity index (χ2v) is 4.84. The van der Waals surface area contributed by atoms with Crippen molar-refractivity contribution in [3.63, 3.8) is 0 Å². The SMILES string of the molecule is Cc1c(C(N)=O)ccn1CC1CCCCC1. The first-order valence-corrected chi connectivity index (χ1v) is 6.14. The van der Waals surface area contributed by atoms with Gasteiger partial charge in [-0.3, -0.25) is 4.79 Å². The second kappa shape index (κ2) is 4.73. The maximum Gasteiger partial charge on any atom is 0.250 e. The first-order chi connectivity index (χ1) is 7.68. The van der Waals surface area contributed by atoms with E-state index >= 15 is 0 Å². The molecule has 3 heteroatoms. The van der Waals surface area contributed by atoms with Crippen LogP contribution in [-0.2, 0) is 6.54 Å². The summed E-state index contributed by atoms with van der Waals surface area (Å²) in [4.78, 5) is 11.1. The molecular weight excluding hydrogens is 200 g/mol. The van der Waals surface area contributed by atoms with Gasteiger partial charge in [0, 0.05) is 18.4 Å². The van der Waals surface area contributed by atoms with E-state index in [1.165, 1.54) is 32.1 Å². The van der Waals surface area contributed by atoms with E-state index in [0.29, 0.717) is 5.56 Å². The highest BCUT2D eigenvalue weighted by molar-refractivity contribution is 5.93. The minimum atomic E-state index is -0.320. The number of nitrogens with zero attached hydrogens (tertiary/aromatic N) is 1. The lowest BCUT2D eigenvalue weighted by atomic mass is 9.89. The smallest absolute Gasteiger partial charge is 0.250 e. The van der Waals surface area contributed by atoms with Crippen LogP contribution >= 0.6 is 0 Å². The minimum absolute atomic E-state index is 0.320. The molecule has 0 saturated heterocycles. The third kappa shape index (κ3) is 2.29. The van der Waals surface area contributed by atoms with E-state index in [1.807, 2.05) is 19.2 Å². The Morgan fingerprint density at radius 1 is 1.44 bits per heavy atom. The zero-order valence-corrected chi connectivity index (χ0v) is 9.91. The molecule has 0 radical (unpaired) electrons. The second-order valence-electron chi connectivity index (χ2n) is 4.84. The summed E-state index contributed by atoms with van der Waals surface area (Å²) < 4.78 is 2.18. The number of hydrogen-bond donors (Lipinski definition) is 1. The van der Waals surface area contributed by atoms with E-state index in [9.17, 15) is 4.79 Å². The molecule has 0 aliphatic heterocycles. The standard InChI is InChI=1S/C13H20N2O/c1-10-12(13(14)16)7-8-15(10)9-11-5-3-2-4-6-11/h7-8,11H,2-6,9H2,1H3,(H2,14,16). The van der Waals surface area contributed by atoms with E-state index < -0.39 is 0 Å². The Balaban J connectivity index is 2.06. The highest BCUT2D eigenvalue weighted by Crippen LogP contribution is 2.26. The molecule has 88 valence electrons.